The van der Waals surface area contributed by atoms with Crippen molar-refractivity contribution in [2.45, 2.75) is 12.8 Å². The Kier molecular flexibility index (Phi) is 4.35. The average molecular weight is 320 g/mol. The first-order valence-corrected chi connectivity index (χ1v) is 7.81. The third kappa shape index (κ3) is 3.52. The van der Waals surface area contributed by atoms with Crippen molar-refractivity contribution in [3.63, 3.8) is 0 Å². The Morgan fingerprint density at radius 3 is 2.78 bits per heavy atom. The van der Waals surface area contributed by atoms with E-state index in [2.05, 4.69) is 0 Å². The van der Waals surface area contributed by atoms with Gasteiger partial charge in [0.2, 0.25) is 11.8 Å². The summed E-state index contributed by atoms with van der Waals surface area (Å²) in [5.41, 5.74) is 0.640. The zero-order valence-electron chi connectivity index (χ0n) is 13.3. The van der Waals surface area contributed by atoms with Crippen molar-refractivity contribution in [1.82, 2.24) is 9.80 Å². The van der Waals surface area contributed by atoms with Gasteiger partial charge in [0, 0.05) is 32.1 Å². The summed E-state index contributed by atoms with van der Waals surface area (Å²) in [5, 5.41) is 0. The minimum atomic E-state index is -0.301. The van der Waals surface area contributed by atoms with E-state index in [1.54, 1.807) is 24.1 Å². The van der Waals surface area contributed by atoms with Crippen LogP contribution in [0, 0.1) is 11.2 Å². The molecule has 6 heteroatoms. The van der Waals surface area contributed by atoms with Gasteiger partial charge in [-0.25, -0.2) is 4.39 Å². The van der Waals surface area contributed by atoms with Crippen molar-refractivity contribution in [2.75, 3.05) is 39.9 Å². The predicted octanol–water partition coefficient (Wildman–Crippen LogP) is 1.08. The molecule has 0 aromatic heterocycles. The number of likely N-dealkylation sites (N-methyl/N-ethyl adjacent to an activating group) is 1. The van der Waals surface area contributed by atoms with Gasteiger partial charge in [-0.3, -0.25) is 9.59 Å². The van der Waals surface area contributed by atoms with E-state index < -0.39 is 0 Å². The molecule has 2 aliphatic rings. The smallest absolute Gasteiger partial charge is 0.248 e. The molecule has 2 saturated heterocycles. The van der Waals surface area contributed by atoms with Crippen LogP contribution in [0.2, 0.25) is 0 Å². The molecule has 2 aliphatic heterocycles. The van der Waals surface area contributed by atoms with Gasteiger partial charge < -0.3 is 14.5 Å². The van der Waals surface area contributed by atoms with Gasteiger partial charge in [-0.1, -0.05) is 12.1 Å². The summed E-state index contributed by atoms with van der Waals surface area (Å²) in [6, 6.07) is 6.02. The molecule has 124 valence electrons. The fourth-order valence-corrected chi connectivity index (χ4v) is 3.39. The molecular formula is C17H21FN2O3. The monoisotopic (exact) mass is 320 g/mol. The van der Waals surface area contributed by atoms with Gasteiger partial charge in [-0.2, -0.15) is 0 Å². The van der Waals surface area contributed by atoms with Gasteiger partial charge in [-0.15, -0.1) is 0 Å². The molecular weight excluding hydrogens is 299 g/mol. The van der Waals surface area contributed by atoms with Gasteiger partial charge >= 0.3 is 0 Å². The Balaban J connectivity index is 1.63. The summed E-state index contributed by atoms with van der Waals surface area (Å²) in [7, 11) is 1.78. The summed E-state index contributed by atoms with van der Waals surface area (Å²) >= 11 is 0. The average Bonchev–Trinajstić information content (AvgIpc) is 2.87. The number of benzene rings is 1. The predicted molar refractivity (Wildman–Crippen MR) is 82.2 cm³/mol. The molecule has 0 aliphatic carbocycles. The van der Waals surface area contributed by atoms with Crippen molar-refractivity contribution in [1.29, 1.82) is 0 Å². The van der Waals surface area contributed by atoms with Crippen molar-refractivity contribution in [2.24, 2.45) is 5.41 Å². The quantitative estimate of drug-likeness (QED) is 0.819. The van der Waals surface area contributed by atoms with Gasteiger partial charge in [0.05, 0.1) is 13.0 Å². The molecule has 1 spiro atoms. The van der Waals surface area contributed by atoms with Crippen LogP contribution in [0.1, 0.15) is 12.0 Å². The maximum absolute atomic E-state index is 12.9. The first-order valence-electron chi connectivity index (χ1n) is 7.81. The lowest BCUT2D eigenvalue weighted by atomic mass is 9.88. The molecule has 23 heavy (non-hydrogen) atoms. The molecule has 3 rings (SSSR count). The van der Waals surface area contributed by atoms with Crippen LogP contribution in [-0.4, -0.2) is 61.5 Å². The lowest BCUT2D eigenvalue weighted by Crippen LogP contribution is -2.41. The van der Waals surface area contributed by atoms with Crippen LogP contribution in [0.4, 0.5) is 4.39 Å². The fraction of sp³-hybridized carbons (Fsp3) is 0.529. The summed E-state index contributed by atoms with van der Waals surface area (Å²) < 4.78 is 18.4. The van der Waals surface area contributed by atoms with Crippen molar-refractivity contribution in [3.8, 4) is 0 Å². The Labute approximate surface area is 135 Å². The molecule has 2 heterocycles. The molecule has 2 fully saturated rings. The van der Waals surface area contributed by atoms with Gasteiger partial charge in [-0.05, 0) is 24.1 Å². The van der Waals surface area contributed by atoms with Crippen LogP contribution < -0.4 is 0 Å². The summed E-state index contributed by atoms with van der Waals surface area (Å²) in [5.74, 6) is -0.283. The maximum Gasteiger partial charge on any atom is 0.248 e. The lowest BCUT2D eigenvalue weighted by molar-refractivity contribution is -0.132. The van der Waals surface area contributed by atoms with Crippen molar-refractivity contribution < 1.29 is 18.7 Å². The Morgan fingerprint density at radius 2 is 2.04 bits per heavy atom. The number of carbonyl (C=O) groups is 2. The molecule has 0 bridgehead atoms. The second kappa shape index (κ2) is 6.28. The minimum absolute atomic E-state index is 0.0158. The van der Waals surface area contributed by atoms with Crippen LogP contribution in [0.3, 0.4) is 0 Å². The second-order valence-electron chi connectivity index (χ2n) is 6.61. The zero-order valence-corrected chi connectivity index (χ0v) is 13.3. The number of hydrogen-bond acceptors (Lipinski definition) is 3. The SMILES string of the molecule is CN1CC2(CCN(C(=O)Cc3ccc(F)cc3)C2)COCC1=O. The third-order valence-corrected chi connectivity index (χ3v) is 4.69. The van der Waals surface area contributed by atoms with E-state index in [0.29, 0.717) is 26.2 Å². The highest BCUT2D eigenvalue weighted by molar-refractivity contribution is 5.79. The second-order valence-corrected chi connectivity index (χ2v) is 6.61. The summed E-state index contributed by atoms with van der Waals surface area (Å²) in [6.45, 7) is 2.51. The zero-order chi connectivity index (χ0) is 16.4. The molecule has 0 N–H and O–H groups in total. The standard InChI is InChI=1S/C17H21FN2O3/c1-19-10-17(12-23-9-16(19)22)6-7-20(11-17)15(21)8-13-2-4-14(18)5-3-13/h2-5H,6-12H2,1H3. The van der Waals surface area contributed by atoms with Gasteiger partial charge in [0.1, 0.15) is 12.4 Å². The van der Waals surface area contributed by atoms with Gasteiger partial charge in [0.25, 0.3) is 0 Å². The number of ether oxygens (including phenoxy) is 1. The van der Waals surface area contributed by atoms with Crippen molar-refractivity contribution >= 4 is 11.8 Å². The molecule has 0 saturated carbocycles. The number of rotatable bonds is 2. The van der Waals surface area contributed by atoms with Crippen molar-refractivity contribution in [3.05, 3.63) is 35.6 Å². The third-order valence-electron chi connectivity index (χ3n) is 4.69. The highest BCUT2D eigenvalue weighted by Crippen LogP contribution is 2.33. The number of carbonyl (C=O) groups excluding carboxylic acids is 2. The largest absolute Gasteiger partial charge is 0.371 e. The number of likely N-dealkylation sites (tertiary alicyclic amines) is 1. The van der Waals surface area contributed by atoms with E-state index in [9.17, 15) is 14.0 Å². The number of halogens is 1. The molecule has 1 unspecified atom stereocenters. The highest BCUT2D eigenvalue weighted by atomic mass is 19.1. The number of amides is 2. The summed E-state index contributed by atoms with van der Waals surface area (Å²) in [4.78, 5) is 27.7. The molecule has 2 amide bonds. The lowest BCUT2D eigenvalue weighted by Gasteiger charge is -2.29. The van der Waals surface area contributed by atoms with E-state index in [0.717, 1.165) is 12.0 Å². The Morgan fingerprint density at radius 1 is 1.30 bits per heavy atom. The molecule has 1 atom stereocenters. The summed E-state index contributed by atoms with van der Waals surface area (Å²) in [6.07, 6.45) is 1.10. The maximum atomic E-state index is 12.9. The van der Waals surface area contributed by atoms with Crippen LogP contribution in [0.5, 0.6) is 0 Å². The first-order chi connectivity index (χ1) is 11.0. The first kappa shape index (κ1) is 15.9. The van der Waals surface area contributed by atoms with E-state index in [1.807, 2.05) is 4.90 Å². The van der Waals surface area contributed by atoms with E-state index in [-0.39, 0.29) is 36.1 Å². The minimum Gasteiger partial charge on any atom is -0.371 e. The molecule has 5 nitrogen and oxygen atoms in total. The number of hydrogen-bond donors (Lipinski definition) is 0. The van der Waals surface area contributed by atoms with Crippen LogP contribution in [-0.2, 0) is 20.7 Å². The van der Waals surface area contributed by atoms with Crippen LogP contribution >= 0.6 is 0 Å². The topological polar surface area (TPSA) is 49.9 Å². The van der Waals surface area contributed by atoms with Gasteiger partial charge in [0.15, 0.2) is 0 Å². The normalized spacial score (nSPS) is 25.0. The van der Waals surface area contributed by atoms with E-state index >= 15 is 0 Å². The fourth-order valence-electron chi connectivity index (χ4n) is 3.39. The highest BCUT2D eigenvalue weighted by Gasteiger charge is 2.43. The number of nitrogens with zero attached hydrogens (tertiary/aromatic N) is 2. The van der Waals surface area contributed by atoms with Crippen LogP contribution in [0.25, 0.3) is 0 Å². The molecule has 0 radical (unpaired) electrons. The van der Waals surface area contributed by atoms with E-state index in [4.69, 9.17) is 4.74 Å². The Bertz CT molecular complexity index is 604. The molecule has 1 aromatic carbocycles. The van der Waals surface area contributed by atoms with Crippen LogP contribution in [0.15, 0.2) is 24.3 Å². The van der Waals surface area contributed by atoms with E-state index in [1.165, 1.54) is 12.1 Å². The molecule has 1 aromatic rings. The Hall–Kier alpha value is -1.95.